The molecule has 0 aliphatic heterocycles. The number of allylic oxidation sites excluding steroid dienone is 1. The van der Waals surface area contributed by atoms with Gasteiger partial charge in [0, 0.05) is 25.6 Å². The van der Waals surface area contributed by atoms with Crippen molar-refractivity contribution in [3.63, 3.8) is 0 Å². The predicted molar refractivity (Wildman–Crippen MR) is 157 cm³/mol. The van der Waals surface area contributed by atoms with Crippen LogP contribution in [0.5, 0.6) is 5.75 Å². The number of likely N-dealkylation sites (N-methyl/N-ethyl adjacent to an activating group) is 1. The molecule has 9 heteroatoms. The number of hydrogen-bond acceptors (Lipinski definition) is 6. The molecule has 0 aliphatic rings. The Morgan fingerprint density at radius 1 is 1.05 bits per heavy atom. The van der Waals surface area contributed by atoms with Gasteiger partial charge >= 0.3 is 0 Å². The van der Waals surface area contributed by atoms with Crippen molar-refractivity contribution in [2.75, 3.05) is 20.2 Å². The van der Waals surface area contributed by atoms with Gasteiger partial charge < -0.3 is 31.1 Å². The Morgan fingerprint density at radius 2 is 1.70 bits per heavy atom. The van der Waals surface area contributed by atoms with Crippen molar-refractivity contribution in [2.24, 2.45) is 11.7 Å². The molecule has 40 heavy (non-hydrogen) atoms. The maximum absolute atomic E-state index is 13.5. The summed E-state index contributed by atoms with van der Waals surface area (Å²) in [6, 6.07) is 14.0. The Bertz CT molecular complexity index is 1120. The maximum Gasteiger partial charge on any atom is 0.246 e. The minimum Gasteiger partial charge on any atom is -0.492 e. The van der Waals surface area contributed by atoms with Crippen LogP contribution in [-0.4, -0.2) is 72.2 Å². The minimum atomic E-state index is -1.22. The fourth-order valence-electron chi connectivity index (χ4n) is 4.38. The van der Waals surface area contributed by atoms with Gasteiger partial charge in [-0.3, -0.25) is 14.4 Å². The third-order valence-electron chi connectivity index (χ3n) is 6.54. The van der Waals surface area contributed by atoms with Gasteiger partial charge in [0.1, 0.15) is 24.4 Å². The van der Waals surface area contributed by atoms with E-state index in [9.17, 15) is 19.5 Å². The van der Waals surface area contributed by atoms with Crippen LogP contribution in [0.25, 0.3) is 6.08 Å². The molecule has 2 aromatic rings. The van der Waals surface area contributed by atoms with Gasteiger partial charge in [-0.2, -0.15) is 0 Å². The standard InChI is InChI=1S/C31H44N4O5/c1-6-7-15-24-16-11-12-17-26(24)40-19-18-33-27(21(2)3)31(39)35(5)28(22(4)36)30(38)34-25(29(32)37)20-23-13-9-8-10-14-23/h7-17,21-22,25,27-28,33,36H,6,18-20H2,1-5H3,(H2,32,37)(H,34,38)/b15-7+/t22?,25-,27?,28+/m1/s1. The van der Waals surface area contributed by atoms with Crippen LogP contribution in [0.4, 0.5) is 0 Å². The van der Waals surface area contributed by atoms with E-state index in [1.165, 1.54) is 18.9 Å². The van der Waals surface area contributed by atoms with Gasteiger partial charge in [-0.15, -0.1) is 0 Å². The number of carbonyl (C=O) groups is 3. The van der Waals surface area contributed by atoms with Crippen LogP contribution >= 0.6 is 0 Å². The number of benzene rings is 2. The molecule has 0 radical (unpaired) electrons. The normalized spacial score (nSPS) is 14.4. The van der Waals surface area contributed by atoms with Gasteiger partial charge in [-0.25, -0.2) is 0 Å². The summed E-state index contributed by atoms with van der Waals surface area (Å²) in [7, 11) is 1.47. The number of nitrogens with zero attached hydrogens (tertiary/aromatic N) is 1. The predicted octanol–water partition coefficient (Wildman–Crippen LogP) is 2.52. The second-order valence-corrected chi connectivity index (χ2v) is 10.2. The van der Waals surface area contributed by atoms with Crippen LogP contribution in [0, 0.1) is 5.92 Å². The first kappa shape index (κ1) is 32.5. The highest BCUT2D eigenvalue weighted by atomic mass is 16.5. The summed E-state index contributed by atoms with van der Waals surface area (Å²) in [5.74, 6) is -1.08. The van der Waals surface area contributed by atoms with E-state index in [4.69, 9.17) is 10.5 Å². The van der Waals surface area contributed by atoms with Gasteiger partial charge in [0.05, 0.1) is 12.1 Å². The molecule has 4 atom stereocenters. The molecule has 2 aromatic carbocycles. The fraction of sp³-hybridized carbons (Fsp3) is 0.452. The van der Waals surface area contributed by atoms with Crippen LogP contribution in [0.15, 0.2) is 60.7 Å². The Kier molecular flexibility index (Phi) is 13.4. The third kappa shape index (κ3) is 9.81. The molecule has 5 N–H and O–H groups in total. The van der Waals surface area contributed by atoms with Gasteiger partial charge in [0.2, 0.25) is 17.7 Å². The summed E-state index contributed by atoms with van der Waals surface area (Å²) in [6.07, 6.45) is 4.00. The number of rotatable bonds is 16. The van der Waals surface area contributed by atoms with E-state index in [1.807, 2.05) is 74.5 Å². The van der Waals surface area contributed by atoms with Crippen molar-refractivity contribution in [1.29, 1.82) is 0 Å². The smallest absolute Gasteiger partial charge is 0.246 e. The largest absolute Gasteiger partial charge is 0.492 e. The lowest BCUT2D eigenvalue weighted by Gasteiger charge is -2.34. The van der Waals surface area contributed by atoms with E-state index in [0.717, 1.165) is 23.3 Å². The topological polar surface area (TPSA) is 134 Å². The highest BCUT2D eigenvalue weighted by Gasteiger charge is 2.36. The number of aliphatic hydroxyl groups excluding tert-OH is 1. The average molecular weight is 553 g/mol. The summed E-state index contributed by atoms with van der Waals surface area (Å²) in [5, 5.41) is 16.3. The molecular formula is C31H44N4O5. The van der Waals surface area contributed by atoms with Crippen molar-refractivity contribution >= 4 is 23.8 Å². The molecule has 0 heterocycles. The van der Waals surface area contributed by atoms with Gasteiger partial charge in [-0.05, 0) is 30.9 Å². The SMILES string of the molecule is CC/C=C/c1ccccc1OCCNC(C(=O)N(C)[C@H](C(=O)N[C@H](Cc1ccccc1)C(N)=O)C(C)O)C(C)C. The number of ether oxygens (including phenoxy) is 1. The monoisotopic (exact) mass is 552 g/mol. The molecule has 0 aliphatic carbocycles. The summed E-state index contributed by atoms with van der Waals surface area (Å²) < 4.78 is 5.96. The molecule has 3 amide bonds. The molecule has 0 bridgehead atoms. The summed E-state index contributed by atoms with van der Waals surface area (Å²) in [5.41, 5.74) is 7.35. The van der Waals surface area contributed by atoms with Gasteiger partial charge in [0.15, 0.2) is 0 Å². The molecule has 0 spiro atoms. The van der Waals surface area contributed by atoms with E-state index < -0.39 is 36.0 Å². The highest BCUT2D eigenvalue weighted by molar-refractivity contribution is 5.93. The average Bonchev–Trinajstić information content (AvgIpc) is 2.91. The zero-order valence-corrected chi connectivity index (χ0v) is 24.2. The van der Waals surface area contributed by atoms with Crippen molar-refractivity contribution in [3.8, 4) is 5.75 Å². The van der Waals surface area contributed by atoms with Crippen LogP contribution < -0.4 is 21.1 Å². The zero-order chi connectivity index (χ0) is 29.7. The number of primary amides is 1. The molecular weight excluding hydrogens is 508 g/mol. The Balaban J connectivity index is 2.06. The van der Waals surface area contributed by atoms with E-state index >= 15 is 0 Å². The summed E-state index contributed by atoms with van der Waals surface area (Å²) >= 11 is 0. The molecule has 0 saturated carbocycles. The van der Waals surface area contributed by atoms with Crippen molar-refractivity contribution in [3.05, 3.63) is 71.8 Å². The molecule has 218 valence electrons. The molecule has 9 nitrogen and oxygen atoms in total. The number of nitrogens with two attached hydrogens (primary N) is 1. The molecule has 0 aromatic heterocycles. The van der Waals surface area contributed by atoms with E-state index in [1.54, 1.807) is 0 Å². The fourth-order valence-corrected chi connectivity index (χ4v) is 4.38. The Labute approximate surface area is 237 Å². The zero-order valence-electron chi connectivity index (χ0n) is 24.2. The number of aliphatic hydroxyl groups is 1. The van der Waals surface area contributed by atoms with Crippen LogP contribution in [0.3, 0.4) is 0 Å². The van der Waals surface area contributed by atoms with Crippen molar-refractivity contribution in [2.45, 2.75) is 64.8 Å². The van der Waals surface area contributed by atoms with Crippen LogP contribution in [-0.2, 0) is 20.8 Å². The highest BCUT2D eigenvalue weighted by Crippen LogP contribution is 2.19. The lowest BCUT2D eigenvalue weighted by Crippen LogP contribution is -2.60. The molecule has 2 rings (SSSR count). The van der Waals surface area contributed by atoms with Crippen molar-refractivity contribution < 1.29 is 24.2 Å². The number of amides is 3. The second-order valence-electron chi connectivity index (χ2n) is 10.2. The third-order valence-corrected chi connectivity index (χ3v) is 6.54. The number of carbonyl (C=O) groups excluding carboxylic acids is 3. The first-order valence-corrected chi connectivity index (χ1v) is 13.8. The molecule has 2 unspecified atom stereocenters. The molecule has 0 saturated heterocycles. The Hall–Kier alpha value is -3.69. The first-order valence-electron chi connectivity index (χ1n) is 13.8. The summed E-state index contributed by atoms with van der Waals surface area (Å²) in [6.45, 7) is 8.01. The first-order chi connectivity index (χ1) is 19.1. The number of nitrogens with one attached hydrogen (secondary N) is 2. The lowest BCUT2D eigenvalue weighted by atomic mass is 10.0. The quantitative estimate of drug-likeness (QED) is 0.237. The number of hydrogen-bond donors (Lipinski definition) is 4. The summed E-state index contributed by atoms with van der Waals surface area (Å²) in [4.78, 5) is 40.1. The van der Waals surface area contributed by atoms with E-state index in [-0.39, 0.29) is 18.2 Å². The second kappa shape index (κ2) is 16.4. The van der Waals surface area contributed by atoms with E-state index in [2.05, 4.69) is 23.6 Å². The maximum atomic E-state index is 13.5. The van der Waals surface area contributed by atoms with Crippen LogP contribution in [0.2, 0.25) is 0 Å². The minimum absolute atomic E-state index is 0.108. The number of para-hydroxylation sites is 1. The lowest BCUT2D eigenvalue weighted by molar-refractivity contribution is -0.145. The van der Waals surface area contributed by atoms with Crippen molar-refractivity contribution in [1.82, 2.24) is 15.5 Å². The van der Waals surface area contributed by atoms with Gasteiger partial charge in [-0.1, -0.05) is 81.5 Å². The Morgan fingerprint density at radius 3 is 2.30 bits per heavy atom. The van der Waals surface area contributed by atoms with Crippen LogP contribution in [0.1, 0.15) is 45.2 Å². The van der Waals surface area contributed by atoms with Gasteiger partial charge in [0.25, 0.3) is 0 Å². The van der Waals surface area contributed by atoms with E-state index in [0.29, 0.717) is 13.2 Å². The molecule has 0 fully saturated rings.